The second-order valence-electron chi connectivity index (χ2n) is 8.38. The van der Waals surface area contributed by atoms with Gasteiger partial charge in [0.05, 0.1) is 6.54 Å². The van der Waals surface area contributed by atoms with Gasteiger partial charge in [-0.2, -0.15) is 0 Å². The minimum absolute atomic E-state index is 0.165. The summed E-state index contributed by atoms with van der Waals surface area (Å²) in [4.78, 5) is 52.6. The Morgan fingerprint density at radius 3 is 2.30 bits per heavy atom. The molecule has 1 saturated carbocycles. The van der Waals surface area contributed by atoms with Crippen LogP contribution in [0.2, 0.25) is 0 Å². The van der Waals surface area contributed by atoms with E-state index in [1.165, 1.54) is 11.9 Å². The molecule has 2 fully saturated rings. The van der Waals surface area contributed by atoms with Gasteiger partial charge in [0.1, 0.15) is 12.1 Å². The summed E-state index contributed by atoms with van der Waals surface area (Å²) in [5.74, 6) is -1.11. The number of benzene rings is 1. The Balaban J connectivity index is 1.59. The van der Waals surface area contributed by atoms with Crippen molar-refractivity contribution in [1.82, 2.24) is 15.1 Å². The average molecular weight is 415 g/mol. The molecule has 0 bridgehead atoms. The van der Waals surface area contributed by atoms with Gasteiger partial charge in [-0.15, -0.1) is 0 Å². The summed E-state index contributed by atoms with van der Waals surface area (Å²) in [5, 5.41) is 5.66. The maximum atomic E-state index is 12.9. The van der Waals surface area contributed by atoms with E-state index in [-0.39, 0.29) is 24.9 Å². The summed E-state index contributed by atoms with van der Waals surface area (Å²) >= 11 is 0. The van der Waals surface area contributed by atoms with Crippen molar-refractivity contribution in [1.29, 1.82) is 0 Å². The van der Waals surface area contributed by atoms with Gasteiger partial charge >= 0.3 is 6.03 Å². The van der Waals surface area contributed by atoms with E-state index in [4.69, 9.17) is 0 Å². The zero-order valence-electron chi connectivity index (χ0n) is 17.9. The topological polar surface area (TPSA) is 98.8 Å². The van der Waals surface area contributed by atoms with Crippen LogP contribution >= 0.6 is 0 Å². The fraction of sp³-hybridized carbons (Fsp3) is 0.545. The highest BCUT2D eigenvalue weighted by molar-refractivity contribution is 6.09. The lowest BCUT2D eigenvalue weighted by molar-refractivity contribution is -0.139. The predicted octanol–water partition coefficient (Wildman–Crippen LogP) is 2.35. The van der Waals surface area contributed by atoms with Crippen molar-refractivity contribution < 1.29 is 19.2 Å². The zero-order chi connectivity index (χ0) is 21.9. The highest BCUT2D eigenvalue weighted by Crippen LogP contribution is 2.32. The van der Waals surface area contributed by atoms with Crippen LogP contribution in [0.15, 0.2) is 18.2 Å². The third-order valence-corrected chi connectivity index (χ3v) is 6.05. The minimum atomic E-state index is -0.869. The van der Waals surface area contributed by atoms with E-state index in [1.807, 2.05) is 32.0 Å². The molecular weight excluding hydrogens is 384 g/mol. The molecule has 1 aromatic carbocycles. The molecule has 1 heterocycles. The Morgan fingerprint density at radius 1 is 1.10 bits per heavy atom. The first-order valence-corrected chi connectivity index (χ1v) is 10.5. The molecule has 1 spiro atoms. The third kappa shape index (κ3) is 4.47. The number of amides is 5. The molecular formula is C22H30N4O4. The fourth-order valence-electron chi connectivity index (χ4n) is 4.24. The van der Waals surface area contributed by atoms with Gasteiger partial charge in [-0.1, -0.05) is 43.9 Å². The summed E-state index contributed by atoms with van der Waals surface area (Å²) in [5.41, 5.74) is 1.73. The Bertz CT molecular complexity index is 838. The van der Waals surface area contributed by atoms with Crippen LogP contribution in [-0.4, -0.2) is 59.2 Å². The first-order chi connectivity index (χ1) is 14.2. The monoisotopic (exact) mass is 414 g/mol. The molecule has 2 aliphatic rings. The van der Waals surface area contributed by atoms with Crippen molar-refractivity contribution in [3.05, 3.63) is 29.3 Å². The second-order valence-corrected chi connectivity index (χ2v) is 8.38. The number of carbonyl (C=O) groups excluding carboxylic acids is 4. The molecule has 0 unspecified atom stereocenters. The number of nitrogens with one attached hydrogen (secondary N) is 2. The lowest BCUT2D eigenvalue weighted by Crippen LogP contribution is -2.47. The van der Waals surface area contributed by atoms with Gasteiger partial charge in [-0.05, 0) is 37.8 Å². The van der Waals surface area contributed by atoms with E-state index < -0.39 is 17.5 Å². The van der Waals surface area contributed by atoms with Gasteiger partial charge in [-0.25, -0.2) is 4.79 Å². The van der Waals surface area contributed by atoms with Crippen LogP contribution < -0.4 is 10.6 Å². The molecule has 1 saturated heterocycles. The van der Waals surface area contributed by atoms with E-state index in [1.54, 1.807) is 0 Å². The Hall–Kier alpha value is -2.90. The summed E-state index contributed by atoms with van der Waals surface area (Å²) < 4.78 is 0. The van der Waals surface area contributed by atoms with E-state index in [0.29, 0.717) is 12.8 Å². The van der Waals surface area contributed by atoms with Crippen LogP contribution in [0.25, 0.3) is 0 Å². The number of hydrogen-bond donors (Lipinski definition) is 2. The van der Waals surface area contributed by atoms with Crippen molar-refractivity contribution in [3.63, 3.8) is 0 Å². The van der Waals surface area contributed by atoms with E-state index in [9.17, 15) is 19.2 Å². The average Bonchev–Trinajstić information content (AvgIpc) is 2.85. The van der Waals surface area contributed by atoms with Gasteiger partial charge in [-0.3, -0.25) is 19.3 Å². The molecule has 30 heavy (non-hydrogen) atoms. The number of nitrogens with zero attached hydrogens (tertiary/aromatic N) is 2. The van der Waals surface area contributed by atoms with Crippen molar-refractivity contribution in [3.8, 4) is 0 Å². The molecule has 1 aromatic rings. The molecule has 0 radical (unpaired) electrons. The Morgan fingerprint density at radius 2 is 1.70 bits per heavy atom. The van der Waals surface area contributed by atoms with Gasteiger partial charge in [0.2, 0.25) is 11.8 Å². The van der Waals surface area contributed by atoms with Crippen LogP contribution in [0.4, 0.5) is 10.5 Å². The summed E-state index contributed by atoms with van der Waals surface area (Å²) in [7, 11) is 1.49. The predicted molar refractivity (Wildman–Crippen MR) is 113 cm³/mol. The minimum Gasteiger partial charge on any atom is -0.335 e. The molecule has 5 amide bonds. The highest BCUT2D eigenvalue weighted by Gasteiger charge is 2.51. The highest BCUT2D eigenvalue weighted by atomic mass is 16.2. The number of hydrogen-bond acceptors (Lipinski definition) is 4. The molecule has 162 valence electrons. The third-order valence-electron chi connectivity index (χ3n) is 6.05. The second kappa shape index (κ2) is 8.85. The Kier molecular flexibility index (Phi) is 6.43. The SMILES string of the molecule is Cc1cccc(C)c1NC(=O)CN(C)C(=O)CN1C(=O)NC2(CCCCCC2)C1=O. The number of para-hydroxylation sites is 1. The smallest absolute Gasteiger partial charge is 0.325 e. The maximum absolute atomic E-state index is 12.9. The fourth-order valence-corrected chi connectivity index (χ4v) is 4.24. The standard InChI is InChI=1S/C22H30N4O4/c1-15-9-8-10-16(2)19(15)23-17(27)13-25(3)18(28)14-26-20(29)22(24-21(26)30)11-6-4-5-7-12-22/h8-10H,4-7,11-14H2,1-3H3,(H,23,27)(H,24,30). The lowest BCUT2D eigenvalue weighted by atomic mass is 9.90. The summed E-state index contributed by atoms with van der Waals surface area (Å²) in [6.45, 7) is 3.28. The normalized spacial score (nSPS) is 18.2. The van der Waals surface area contributed by atoms with Gasteiger partial charge in [0.25, 0.3) is 5.91 Å². The van der Waals surface area contributed by atoms with Crippen molar-refractivity contribution in [2.45, 2.75) is 57.9 Å². The first-order valence-electron chi connectivity index (χ1n) is 10.5. The number of imide groups is 1. The number of likely N-dealkylation sites (N-methyl/N-ethyl adjacent to an activating group) is 1. The van der Waals surface area contributed by atoms with Gasteiger partial charge < -0.3 is 15.5 Å². The Labute approximate surface area is 177 Å². The molecule has 3 rings (SSSR count). The van der Waals surface area contributed by atoms with Crippen LogP contribution in [-0.2, 0) is 14.4 Å². The maximum Gasteiger partial charge on any atom is 0.325 e. The molecule has 0 aromatic heterocycles. The molecule has 1 aliphatic carbocycles. The molecule has 2 N–H and O–H groups in total. The van der Waals surface area contributed by atoms with E-state index in [0.717, 1.165) is 47.4 Å². The largest absolute Gasteiger partial charge is 0.335 e. The van der Waals surface area contributed by atoms with Crippen LogP contribution in [0.3, 0.4) is 0 Å². The number of urea groups is 1. The summed E-state index contributed by atoms with van der Waals surface area (Å²) in [6, 6.07) is 5.19. The number of anilines is 1. The van der Waals surface area contributed by atoms with Crippen molar-refractivity contribution >= 4 is 29.4 Å². The van der Waals surface area contributed by atoms with Crippen LogP contribution in [0.1, 0.15) is 49.7 Å². The van der Waals surface area contributed by atoms with Gasteiger partial charge in [0, 0.05) is 12.7 Å². The lowest BCUT2D eigenvalue weighted by Gasteiger charge is -2.25. The number of rotatable bonds is 5. The quantitative estimate of drug-likeness (QED) is 0.723. The first kappa shape index (κ1) is 21.8. The molecule has 8 heteroatoms. The zero-order valence-corrected chi connectivity index (χ0v) is 17.9. The molecule has 1 aliphatic heterocycles. The van der Waals surface area contributed by atoms with Crippen LogP contribution in [0, 0.1) is 13.8 Å². The number of aryl methyl sites for hydroxylation is 2. The van der Waals surface area contributed by atoms with Crippen molar-refractivity contribution in [2.24, 2.45) is 0 Å². The molecule has 0 atom stereocenters. The number of carbonyl (C=O) groups is 4. The van der Waals surface area contributed by atoms with Gasteiger partial charge in [0.15, 0.2) is 0 Å². The van der Waals surface area contributed by atoms with E-state index >= 15 is 0 Å². The molecule has 8 nitrogen and oxygen atoms in total. The summed E-state index contributed by atoms with van der Waals surface area (Å²) in [6.07, 6.45) is 5.06. The van der Waals surface area contributed by atoms with E-state index in [2.05, 4.69) is 10.6 Å². The van der Waals surface area contributed by atoms with Crippen molar-refractivity contribution in [2.75, 3.05) is 25.5 Å². The van der Waals surface area contributed by atoms with Crippen LogP contribution in [0.5, 0.6) is 0 Å².